The van der Waals surface area contributed by atoms with Crippen LogP contribution in [0.4, 0.5) is 0 Å². The second kappa shape index (κ2) is 8.61. The highest BCUT2D eigenvalue weighted by Crippen LogP contribution is 2.24. The zero-order valence-electron chi connectivity index (χ0n) is 15.1. The lowest BCUT2D eigenvalue weighted by molar-refractivity contribution is -0.145. The zero-order valence-corrected chi connectivity index (χ0v) is 15.1. The van der Waals surface area contributed by atoms with Gasteiger partial charge in [0.1, 0.15) is 6.10 Å². The molecular formula is C18H32N2O4. The second-order valence-electron chi connectivity index (χ2n) is 7.40. The fraction of sp³-hybridized carbons (Fsp3) is 0.944. The van der Waals surface area contributed by atoms with Crippen LogP contribution in [-0.2, 0) is 19.0 Å². The quantitative estimate of drug-likeness (QED) is 0.751. The van der Waals surface area contributed by atoms with Crippen LogP contribution in [-0.4, -0.2) is 86.6 Å². The Bertz CT molecular complexity index is 408. The van der Waals surface area contributed by atoms with Crippen molar-refractivity contribution in [3.05, 3.63) is 0 Å². The Kier molecular flexibility index (Phi) is 6.49. The van der Waals surface area contributed by atoms with E-state index in [4.69, 9.17) is 14.2 Å². The lowest BCUT2D eigenvalue weighted by atomic mass is 10.0. The Morgan fingerprint density at radius 3 is 2.71 bits per heavy atom. The number of rotatable bonds is 5. The molecule has 6 heteroatoms. The maximum atomic E-state index is 12.7. The van der Waals surface area contributed by atoms with E-state index >= 15 is 0 Å². The third-order valence-corrected chi connectivity index (χ3v) is 5.55. The van der Waals surface area contributed by atoms with Crippen molar-refractivity contribution < 1.29 is 19.0 Å². The summed E-state index contributed by atoms with van der Waals surface area (Å²) in [6, 6.07) is 0.451. The minimum atomic E-state index is -0.383. The molecule has 0 spiro atoms. The van der Waals surface area contributed by atoms with Crippen LogP contribution in [0.15, 0.2) is 0 Å². The molecule has 0 saturated carbocycles. The number of amides is 1. The van der Waals surface area contributed by atoms with Crippen molar-refractivity contribution in [3.8, 4) is 0 Å². The van der Waals surface area contributed by atoms with E-state index in [-0.39, 0.29) is 18.1 Å². The molecule has 4 atom stereocenters. The molecule has 0 aromatic rings. The van der Waals surface area contributed by atoms with E-state index in [1.807, 2.05) is 11.8 Å². The third kappa shape index (κ3) is 4.48. The maximum absolute atomic E-state index is 12.7. The van der Waals surface area contributed by atoms with Crippen LogP contribution in [0.25, 0.3) is 0 Å². The first-order valence-electron chi connectivity index (χ1n) is 9.49. The minimum Gasteiger partial charge on any atom is -0.379 e. The van der Waals surface area contributed by atoms with Crippen molar-refractivity contribution in [2.45, 2.75) is 51.4 Å². The van der Waals surface area contributed by atoms with Crippen molar-refractivity contribution >= 4 is 5.91 Å². The second-order valence-corrected chi connectivity index (χ2v) is 7.40. The summed E-state index contributed by atoms with van der Waals surface area (Å²) in [5.74, 6) is 0.620. The van der Waals surface area contributed by atoms with Gasteiger partial charge in [-0.05, 0) is 32.1 Å². The van der Waals surface area contributed by atoms with Crippen LogP contribution in [0.2, 0.25) is 0 Å². The van der Waals surface area contributed by atoms with Gasteiger partial charge in [-0.15, -0.1) is 0 Å². The Morgan fingerprint density at radius 2 is 2.00 bits per heavy atom. The topological polar surface area (TPSA) is 51.2 Å². The molecule has 24 heavy (non-hydrogen) atoms. The molecule has 0 aromatic carbocycles. The van der Waals surface area contributed by atoms with Crippen LogP contribution in [0.1, 0.15) is 33.1 Å². The van der Waals surface area contributed by atoms with E-state index < -0.39 is 0 Å². The molecule has 0 aliphatic carbocycles. The normalized spacial score (nSPS) is 33.6. The molecule has 3 fully saturated rings. The van der Waals surface area contributed by atoms with Crippen molar-refractivity contribution in [1.29, 1.82) is 0 Å². The standard InChI is InChI=1S/C18H32N2O4/c1-14-11-20(12-17(14)19-6-9-22-10-7-19)18(21)15(2)24-13-16-5-3-4-8-23-16/h14-17H,3-13H2,1-2H3/t14-,15+,16+,17-/m1/s1. The largest absolute Gasteiger partial charge is 0.379 e. The molecule has 0 aromatic heterocycles. The molecule has 3 aliphatic heterocycles. The van der Waals surface area contributed by atoms with Gasteiger partial charge in [-0.25, -0.2) is 0 Å². The number of likely N-dealkylation sites (tertiary alicyclic amines) is 1. The van der Waals surface area contributed by atoms with E-state index in [1.165, 1.54) is 6.42 Å². The highest BCUT2D eigenvalue weighted by atomic mass is 16.5. The molecule has 0 unspecified atom stereocenters. The van der Waals surface area contributed by atoms with Gasteiger partial charge in [0.2, 0.25) is 0 Å². The van der Waals surface area contributed by atoms with Crippen molar-refractivity contribution in [2.75, 3.05) is 52.6 Å². The lowest BCUT2D eigenvalue weighted by Gasteiger charge is -2.34. The average molecular weight is 340 g/mol. The van der Waals surface area contributed by atoms with Gasteiger partial charge in [0.25, 0.3) is 5.91 Å². The summed E-state index contributed by atoms with van der Waals surface area (Å²) in [4.78, 5) is 17.2. The van der Waals surface area contributed by atoms with Gasteiger partial charge in [-0.1, -0.05) is 6.92 Å². The maximum Gasteiger partial charge on any atom is 0.251 e. The van der Waals surface area contributed by atoms with Gasteiger partial charge in [0.15, 0.2) is 0 Å². The Morgan fingerprint density at radius 1 is 1.21 bits per heavy atom. The molecule has 0 bridgehead atoms. The van der Waals surface area contributed by atoms with Crippen LogP contribution < -0.4 is 0 Å². The summed E-state index contributed by atoms with van der Waals surface area (Å²) in [7, 11) is 0. The summed E-state index contributed by atoms with van der Waals surface area (Å²) < 4.78 is 16.9. The van der Waals surface area contributed by atoms with Crippen molar-refractivity contribution in [1.82, 2.24) is 9.80 Å². The minimum absolute atomic E-state index is 0.119. The van der Waals surface area contributed by atoms with Crippen LogP contribution in [0.3, 0.4) is 0 Å². The molecular weight excluding hydrogens is 308 g/mol. The van der Waals surface area contributed by atoms with Gasteiger partial charge in [-0.3, -0.25) is 9.69 Å². The number of carbonyl (C=O) groups is 1. The lowest BCUT2D eigenvalue weighted by Crippen LogP contribution is -2.47. The van der Waals surface area contributed by atoms with E-state index in [0.29, 0.717) is 18.6 Å². The fourth-order valence-electron chi connectivity index (χ4n) is 4.03. The van der Waals surface area contributed by atoms with Crippen LogP contribution >= 0.6 is 0 Å². The smallest absolute Gasteiger partial charge is 0.251 e. The molecule has 3 saturated heterocycles. The Balaban J connectivity index is 1.45. The predicted octanol–water partition coefficient (Wildman–Crippen LogP) is 1.14. The van der Waals surface area contributed by atoms with E-state index in [2.05, 4.69) is 11.8 Å². The fourth-order valence-corrected chi connectivity index (χ4v) is 4.03. The van der Waals surface area contributed by atoms with Crippen molar-refractivity contribution in [3.63, 3.8) is 0 Å². The molecule has 0 radical (unpaired) electrons. The van der Waals surface area contributed by atoms with Crippen LogP contribution in [0, 0.1) is 5.92 Å². The van der Waals surface area contributed by atoms with Gasteiger partial charge >= 0.3 is 0 Å². The summed E-state index contributed by atoms with van der Waals surface area (Å²) >= 11 is 0. The highest BCUT2D eigenvalue weighted by Gasteiger charge is 2.38. The number of hydrogen-bond donors (Lipinski definition) is 0. The third-order valence-electron chi connectivity index (χ3n) is 5.55. The number of ether oxygens (including phenoxy) is 3. The number of morpholine rings is 1. The average Bonchev–Trinajstić information content (AvgIpc) is 3.02. The summed E-state index contributed by atoms with van der Waals surface area (Å²) in [5.41, 5.74) is 0. The molecule has 138 valence electrons. The van der Waals surface area contributed by atoms with Gasteiger partial charge in [0, 0.05) is 38.8 Å². The molecule has 3 heterocycles. The molecule has 6 nitrogen and oxygen atoms in total. The Labute approximate surface area is 145 Å². The van der Waals surface area contributed by atoms with E-state index in [0.717, 1.165) is 58.8 Å². The first kappa shape index (κ1) is 18.1. The van der Waals surface area contributed by atoms with E-state index in [1.54, 1.807) is 0 Å². The predicted molar refractivity (Wildman–Crippen MR) is 90.9 cm³/mol. The van der Waals surface area contributed by atoms with Gasteiger partial charge in [-0.2, -0.15) is 0 Å². The van der Waals surface area contributed by atoms with E-state index in [9.17, 15) is 4.79 Å². The highest BCUT2D eigenvalue weighted by molar-refractivity contribution is 5.80. The summed E-state index contributed by atoms with van der Waals surface area (Å²) in [6.45, 7) is 10.7. The monoisotopic (exact) mass is 340 g/mol. The number of carbonyl (C=O) groups excluding carboxylic acids is 1. The molecule has 0 N–H and O–H groups in total. The SMILES string of the molecule is C[C@H](OC[C@@H]1CCCCO1)C(=O)N1C[C@@H](C)[C@H](N2CCOCC2)C1. The first-order chi connectivity index (χ1) is 11.6. The van der Waals surface area contributed by atoms with Crippen molar-refractivity contribution in [2.24, 2.45) is 5.92 Å². The summed E-state index contributed by atoms with van der Waals surface area (Å²) in [5, 5.41) is 0. The molecule has 3 rings (SSSR count). The number of nitrogens with zero attached hydrogens (tertiary/aromatic N) is 2. The molecule has 3 aliphatic rings. The van der Waals surface area contributed by atoms with Gasteiger partial charge in [0.05, 0.1) is 25.9 Å². The molecule has 1 amide bonds. The zero-order chi connectivity index (χ0) is 16.9. The Hall–Kier alpha value is -0.690. The van der Waals surface area contributed by atoms with Gasteiger partial charge < -0.3 is 19.1 Å². The first-order valence-corrected chi connectivity index (χ1v) is 9.49. The van der Waals surface area contributed by atoms with Crippen LogP contribution in [0.5, 0.6) is 0 Å². The number of hydrogen-bond acceptors (Lipinski definition) is 5. The summed E-state index contributed by atoms with van der Waals surface area (Å²) in [6.07, 6.45) is 3.15.